The Morgan fingerprint density at radius 3 is 1.58 bits per heavy atom. The molecule has 0 N–H and O–H groups in total. The average molecular weight is 434 g/mol. The molecule has 0 aliphatic carbocycles. The van der Waals surface area contributed by atoms with E-state index in [1.165, 1.54) is 11.4 Å². The van der Waals surface area contributed by atoms with Crippen LogP contribution in [-0.4, -0.2) is 51.3 Å². The van der Waals surface area contributed by atoms with Gasteiger partial charge in [-0.3, -0.25) is 0 Å². The third-order valence-electron chi connectivity index (χ3n) is 4.63. The lowest BCUT2D eigenvalue weighted by molar-refractivity contribution is 0.245. The second-order valence-electron chi connectivity index (χ2n) is 6.27. The topological polar surface area (TPSA) is 54.0 Å². The van der Waals surface area contributed by atoms with Gasteiger partial charge in [-0.2, -0.15) is 0 Å². The third-order valence-corrected chi connectivity index (χ3v) is 13.6. The van der Waals surface area contributed by atoms with Crippen molar-refractivity contribution in [3.63, 3.8) is 0 Å². The molecule has 0 amide bonds. The minimum atomic E-state index is -1.99. The van der Waals surface area contributed by atoms with Crippen LogP contribution in [0.4, 0.5) is 0 Å². The van der Waals surface area contributed by atoms with Crippen LogP contribution in [0.25, 0.3) is 0 Å². The minimum absolute atomic E-state index is 0.528. The van der Waals surface area contributed by atoms with Gasteiger partial charge in [0.15, 0.2) is 0 Å². The van der Waals surface area contributed by atoms with Crippen molar-refractivity contribution in [1.29, 1.82) is 0 Å². The molecule has 0 rings (SSSR count). The van der Waals surface area contributed by atoms with Crippen LogP contribution in [0.15, 0.2) is 0 Å². The first-order valence-corrected chi connectivity index (χ1v) is 17.3. The summed E-state index contributed by atoms with van der Waals surface area (Å²) in [5.74, 6) is 1.41. The van der Waals surface area contributed by atoms with Crippen molar-refractivity contribution in [2.45, 2.75) is 50.9 Å². The molecule has 0 saturated carbocycles. The Kier molecular flexibility index (Phi) is 13.9. The van der Waals surface area contributed by atoms with E-state index in [9.17, 15) is 4.57 Å². The molecule has 1 unspecified atom stereocenters. The summed E-state index contributed by atoms with van der Waals surface area (Å²) in [5, 5.41) is 0. The summed E-state index contributed by atoms with van der Waals surface area (Å²) in [6.45, 7) is 4.19. The zero-order chi connectivity index (χ0) is 18.6. The number of hydrogen-bond donors (Lipinski definition) is 1. The maximum Gasteiger partial charge on any atom is 0.480 e. The molecule has 0 aromatic heterocycles. The van der Waals surface area contributed by atoms with Crippen LogP contribution >= 0.6 is 29.8 Å². The van der Waals surface area contributed by atoms with Crippen molar-refractivity contribution in [3.8, 4) is 0 Å². The van der Waals surface area contributed by atoms with Gasteiger partial charge in [0.2, 0.25) is 0 Å². The number of hydrogen-bond acceptors (Lipinski definition) is 6. The lowest BCUT2D eigenvalue weighted by Crippen LogP contribution is -2.36. The Morgan fingerprint density at radius 2 is 1.29 bits per heavy atom. The molecule has 0 heterocycles. The van der Waals surface area contributed by atoms with Crippen molar-refractivity contribution >= 4 is 47.0 Å². The number of thiol groups is 1. The SMILES string of the molecule is CO[Si](C)(CCCC(CCC[Si](C)(OC)OC)CS[P+](=O)S)OC. The maximum atomic E-state index is 11.3. The van der Waals surface area contributed by atoms with Gasteiger partial charge in [-0.15, -0.1) is 0 Å². The minimum Gasteiger partial charge on any atom is -0.398 e. The van der Waals surface area contributed by atoms with E-state index in [-0.39, 0.29) is 0 Å². The molecular weight excluding hydrogens is 399 g/mol. The van der Waals surface area contributed by atoms with E-state index < -0.39 is 23.3 Å². The first-order valence-electron chi connectivity index (χ1n) is 8.24. The molecule has 0 aromatic carbocycles. The molecule has 0 bridgehead atoms. The van der Waals surface area contributed by atoms with E-state index in [2.05, 4.69) is 25.3 Å². The van der Waals surface area contributed by atoms with E-state index in [4.69, 9.17) is 17.7 Å². The number of rotatable bonds is 15. The van der Waals surface area contributed by atoms with Crippen molar-refractivity contribution in [2.24, 2.45) is 5.92 Å². The largest absolute Gasteiger partial charge is 0.480 e. The van der Waals surface area contributed by atoms with Crippen LogP contribution in [-0.2, 0) is 22.3 Å². The molecule has 0 aliphatic rings. The second-order valence-corrected chi connectivity index (χ2v) is 18.2. The van der Waals surface area contributed by atoms with Gasteiger partial charge >= 0.3 is 23.3 Å². The first-order chi connectivity index (χ1) is 11.2. The lowest BCUT2D eigenvalue weighted by atomic mass is 10.0. The molecule has 0 spiro atoms. The molecule has 0 fully saturated rings. The van der Waals surface area contributed by atoms with E-state index in [0.29, 0.717) is 5.92 Å². The quantitative estimate of drug-likeness (QED) is 0.217. The summed E-state index contributed by atoms with van der Waals surface area (Å²) in [7, 11) is 2.94. The van der Waals surface area contributed by atoms with Crippen molar-refractivity contribution < 1.29 is 22.3 Å². The summed E-state index contributed by atoms with van der Waals surface area (Å²) in [6.07, 6.45) is 2.89. The fourth-order valence-electron chi connectivity index (χ4n) is 2.48. The van der Waals surface area contributed by atoms with Crippen LogP contribution in [0.2, 0.25) is 25.2 Å². The Morgan fingerprint density at radius 1 is 0.917 bits per heavy atom. The molecule has 0 aliphatic heterocycles. The van der Waals surface area contributed by atoms with Gasteiger partial charge in [-0.25, -0.2) is 0 Å². The maximum absolute atomic E-state index is 11.3. The predicted octanol–water partition coefficient (Wildman–Crippen LogP) is 5.21. The van der Waals surface area contributed by atoms with Crippen LogP contribution in [0.5, 0.6) is 0 Å². The summed E-state index contributed by atoms with van der Waals surface area (Å²) in [6, 6.07) is 1.97. The summed E-state index contributed by atoms with van der Waals surface area (Å²) in [4.78, 5) is 0. The first kappa shape index (κ1) is 25.1. The summed E-state index contributed by atoms with van der Waals surface area (Å²) < 4.78 is 33.5. The fraction of sp³-hybridized carbons (Fsp3) is 1.00. The third kappa shape index (κ3) is 10.9. The normalized spacial score (nSPS) is 13.6. The standard InChI is InChI=1S/C14H33O5PS2Si2/c1-16-23(5,17-2)11-7-9-14(13-22-20(15)21)10-8-12-24(6,18-3)19-4/h14H,7-13H2,1-6H3/p+1. The Hall–Kier alpha value is 1.07. The molecule has 0 saturated heterocycles. The van der Waals surface area contributed by atoms with Crippen LogP contribution < -0.4 is 0 Å². The van der Waals surface area contributed by atoms with E-state index in [1.807, 2.05) is 0 Å². The van der Waals surface area contributed by atoms with Crippen LogP contribution in [0.3, 0.4) is 0 Å². The second kappa shape index (κ2) is 13.3. The van der Waals surface area contributed by atoms with Crippen LogP contribution in [0.1, 0.15) is 25.7 Å². The predicted molar refractivity (Wildman–Crippen MR) is 112 cm³/mol. The molecule has 10 heteroatoms. The highest BCUT2D eigenvalue weighted by Crippen LogP contribution is 2.44. The van der Waals surface area contributed by atoms with Gasteiger partial charge < -0.3 is 17.7 Å². The van der Waals surface area contributed by atoms with Gasteiger partial charge in [-0.05, 0) is 48.5 Å². The molecular formula is C14H34O5PS2Si2+. The monoisotopic (exact) mass is 433 g/mol. The van der Waals surface area contributed by atoms with Gasteiger partial charge in [-0.1, -0.05) is 12.8 Å². The van der Waals surface area contributed by atoms with E-state index in [1.54, 1.807) is 28.4 Å². The van der Waals surface area contributed by atoms with Gasteiger partial charge in [0, 0.05) is 34.2 Å². The van der Waals surface area contributed by atoms with Crippen molar-refractivity contribution in [1.82, 2.24) is 0 Å². The van der Waals surface area contributed by atoms with E-state index in [0.717, 1.165) is 43.5 Å². The highest BCUT2D eigenvalue weighted by Gasteiger charge is 2.30. The molecule has 24 heavy (non-hydrogen) atoms. The average Bonchev–Trinajstić information content (AvgIpc) is 2.58. The van der Waals surface area contributed by atoms with Gasteiger partial charge in [0.05, 0.1) is 0 Å². The smallest absolute Gasteiger partial charge is 0.398 e. The Bertz CT molecular complexity index is 334. The molecule has 0 radical (unpaired) electrons. The Balaban J connectivity index is 4.39. The molecule has 1 atom stereocenters. The Labute approximate surface area is 160 Å². The van der Waals surface area contributed by atoms with Crippen LogP contribution in [0, 0.1) is 5.92 Å². The van der Waals surface area contributed by atoms with Gasteiger partial charge in [0.25, 0.3) is 0 Å². The highest BCUT2D eigenvalue weighted by atomic mass is 33.1. The lowest BCUT2D eigenvalue weighted by Gasteiger charge is -2.25. The zero-order valence-corrected chi connectivity index (χ0v) is 20.5. The zero-order valence-electron chi connectivity index (χ0n) is 15.9. The molecule has 144 valence electrons. The highest BCUT2D eigenvalue weighted by molar-refractivity contribution is 8.79. The van der Waals surface area contributed by atoms with E-state index >= 15 is 0 Å². The molecule has 5 nitrogen and oxygen atoms in total. The van der Waals surface area contributed by atoms with Gasteiger partial charge in [0.1, 0.15) is 23.6 Å². The molecule has 0 aromatic rings. The van der Waals surface area contributed by atoms with Crippen molar-refractivity contribution in [3.05, 3.63) is 0 Å². The fourth-order valence-corrected chi connectivity index (χ4v) is 7.61. The van der Waals surface area contributed by atoms with Crippen molar-refractivity contribution in [2.75, 3.05) is 34.2 Å². The summed E-state index contributed by atoms with van der Waals surface area (Å²) in [5.41, 5.74) is 0. The summed E-state index contributed by atoms with van der Waals surface area (Å²) >= 11 is 5.46.